The second-order valence-corrected chi connectivity index (χ2v) is 13.7. The van der Waals surface area contributed by atoms with Crippen LogP contribution < -0.4 is 5.73 Å². The molecule has 0 aliphatic heterocycles. The summed E-state index contributed by atoms with van der Waals surface area (Å²) in [4.78, 5) is 40.5. The minimum Gasteiger partial charge on any atom is -0.507 e. The number of hydrogen-bond donors (Lipinski definition) is 5. The fraction of sp³-hybridized carbons (Fsp3) is 0.545. The molecule has 2 fully saturated rings. The highest BCUT2D eigenvalue weighted by Gasteiger charge is 2.75. The smallest absolute Gasteiger partial charge is 0.230 e. The Morgan fingerprint density at radius 3 is 2.29 bits per heavy atom. The van der Waals surface area contributed by atoms with Crippen molar-refractivity contribution < 1.29 is 34.8 Å². The monoisotopic (exact) mass is 563 g/mol. The highest BCUT2D eigenvalue weighted by atomic mass is 16.4. The average molecular weight is 564 g/mol. The first kappa shape index (κ1) is 29.4. The lowest BCUT2D eigenvalue weighted by Crippen LogP contribution is -2.79. The van der Waals surface area contributed by atoms with Gasteiger partial charge >= 0.3 is 0 Å². The lowest BCUT2D eigenvalue weighted by Gasteiger charge is -2.66. The first-order valence-corrected chi connectivity index (χ1v) is 14.4. The van der Waals surface area contributed by atoms with E-state index in [0.717, 1.165) is 16.7 Å². The first-order valence-electron chi connectivity index (χ1n) is 14.4. The van der Waals surface area contributed by atoms with Crippen molar-refractivity contribution in [2.45, 2.75) is 78.1 Å². The van der Waals surface area contributed by atoms with Crippen molar-refractivity contribution in [3.63, 3.8) is 0 Å². The number of Topliss-reactive ketones (excluding diaryl/α,β-unsaturated/α-hetero) is 2. The number of phenolic OH excluding ortho intramolecular Hbond substituents is 1. The van der Waals surface area contributed by atoms with Crippen molar-refractivity contribution in [1.82, 2.24) is 0 Å². The summed E-state index contributed by atoms with van der Waals surface area (Å²) >= 11 is 0. The van der Waals surface area contributed by atoms with Gasteiger partial charge in [0.25, 0.3) is 0 Å². The minimum absolute atomic E-state index is 0.0707. The molecule has 2 saturated carbocycles. The quantitative estimate of drug-likeness (QED) is 0.357. The zero-order valence-electron chi connectivity index (χ0n) is 24.5. The Hall–Kier alpha value is -3.07. The highest BCUT2D eigenvalue weighted by molar-refractivity contribution is 6.09. The summed E-state index contributed by atoms with van der Waals surface area (Å²) in [5.41, 5.74) is 4.22. The maximum atomic E-state index is 14.3. The van der Waals surface area contributed by atoms with E-state index >= 15 is 0 Å². The molecule has 0 heterocycles. The first-order chi connectivity index (χ1) is 19.0. The van der Waals surface area contributed by atoms with Crippen molar-refractivity contribution >= 4 is 17.5 Å². The van der Waals surface area contributed by atoms with E-state index in [1.54, 1.807) is 13.0 Å². The van der Waals surface area contributed by atoms with Gasteiger partial charge in [0.05, 0.1) is 17.6 Å². The molecule has 3 aliphatic rings. The number of aliphatic hydroxyl groups is 3. The summed E-state index contributed by atoms with van der Waals surface area (Å²) in [6, 6.07) is 11.3. The summed E-state index contributed by atoms with van der Waals surface area (Å²) in [6.45, 7) is 11.4. The number of amides is 1. The molecule has 5 rings (SSSR count). The van der Waals surface area contributed by atoms with Crippen molar-refractivity contribution in [3.05, 3.63) is 53.1 Å². The van der Waals surface area contributed by atoms with Crippen molar-refractivity contribution in [2.75, 3.05) is 0 Å². The number of carbonyl (C=O) groups is 3. The molecule has 0 bridgehead atoms. The molecule has 6 N–H and O–H groups in total. The molecule has 3 aliphatic carbocycles. The molecule has 2 aromatic carbocycles. The number of hydrogen-bond acceptors (Lipinski definition) is 7. The molecule has 220 valence electrons. The van der Waals surface area contributed by atoms with Crippen LogP contribution in [0.1, 0.15) is 75.4 Å². The van der Waals surface area contributed by atoms with Crippen LogP contribution in [0.4, 0.5) is 0 Å². The number of aliphatic hydroxyl groups excluding tert-OH is 2. The predicted molar refractivity (Wildman–Crippen MR) is 153 cm³/mol. The molecule has 8 nitrogen and oxygen atoms in total. The van der Waals surface area contributed by atoms with Gasteiger partial charge in [-0.3, -0.25) is 14.4 Å². The molecule has 8 heteroatoms. The summed E-state index contributed by atoms with van der Waals surface area (Å²) in [5.74, 6) is -6.70. The van der Waals surface area contributed by atoms with E-state index in [4.69, 9.17) is 5.73 Å². The van der Waals surface area contributed by atoms with Gasteiger partial charge in [0, 0.05) is 5.41 Å². The van der Waals surface area contributed by atoms with Crippen LogP contribution in [0.2, 0.25) is 0 Å². The van der Waals surface area contributed by atoms with Gasteiger partial charge in [-0.05, 0) is 64.3 Å². The molecular formula is C33H41NO7. The van der Waals surface area contributed by atoms with Crippen molar-refractivity contribution in [3.8, 4) is 16.9 Å². The molecule has 0 saturated heterocycles. The number of ketones is 2. The van der Waals surface area contributed by atoms with Crippen LogP contribution in [-0.2, 0) is 16.0 Å². The molecule has 0 radical (unpaired) electrons. The van der Waals surface area contributed by atoms with Crippen molar-refractivity contribution in [2.24, 2.45) is 40.2 Å². The van der Waals surface area contributed by atoms with Gasteiger partial charge in [-0.25, -0.2) is 0 Å². The maximum Gasteiger partial charge on any atom is 0.230 e. The van der Waals surface area contributed by atoms with Gasteiger partial charge in [0.2, 0.25) is 5.91 Å². The Bertz CT molecular complexity index is 1450. The zero-order chi connectivity index (χ0) is 30.4. The van der Waals surface area contributed by atoms with E-state index in [1.807, 2.05) is 39.0 Å². The SMILES string of the molecule is CC(C)c1cccc(-c2ccc(O)c3c2C[C@]2(C)C[C@]4(C)[C@@H](C(C)C)C(O)[C@@H](C(N)=O)C(=O)[C@]4(O)C(O)[C@H]2C3=O)c1. The third-order valence-electron chi connectivity index (χ3n) is 10.5. The van der Waals surface area contributed by atoms with Crippen LogP contribution in [0.25, 0.3) is 11.1 Å². The third kappa shape index (κ3) is 3.87. The number of phenols is 1. The molecule has 8 atom stereocenters. The Kier molecular flexibility index (Phi) is 6.80. The fourth-order valence-electron chi connectivity index (χ4n) is 8.87. The summed E-state index contributed by atoms with van der Waals surface area (Å²) in [5, 5.41) is 46.4. The minimum atomic E-state index is -2.52. The van der Waals surface area contributed by atoms with Crippen LogP contribution in [-0.4, -0.2) is 55.7 Å². The second kappa shape index (κ2) is 9.48. The van der Waals surface area contributed by atoms with Crippen molar-refractivity contribution in [1.29, 1.82) is 0 Å². The van der Waals surface area contributed by atoms with Crippen LogP contribution >= 0.6 is 0 Å². The molecular weight excluding hydrogens is 522 g/mol. The fourth-order valence-corrected chi connectivity index (χ4v) is 8.87. The molecule has 2 unspecified atom stereocenters. The molecule has 2 aromatic rings. The van der Waals surface area contributed by atoms with Gasteiger partial charge in [-0.2, -0.15) is 0 Å². The maximum absolute atomic E-state index is 14.3. The van der Waals surface area contributed by atoms with Crippen LogP contribution in [0.5, 0.6) is 5.75 Å². The summed E-state index contributed by atoms with van der Waals surface area (Å²) in [6.07, 6.45) is -2.95. The van der Waals surface area contributed by atoms with Crippen LogP contribution in [0.15, 0.2) is 36.4 Å². The third-order valence-corrected chi connectivity index (χ3v) is 10.5. The number of fused-ring (bicyclic) bond motifs is 3. The highest BCUT2D eigenvalue weighted by Crippen LogP contribution is 2.66. The molecule has 0 spiro atoms. The normalized spacial score (nSPS) is 36.6. The predicted octanol–water partition coefficient (Wildman–Crippen LogP) is 3.36. The van der Waals surface area contributed by atoms with E-state index < -0.39 is 63.9 Å². The largest absolute Gasteiger partial charge is 0.507 e. The van der Waals surface area contributed by atoms with Crippen LogP contribution in [0, 0.1) is 34.5 Å². The number of benzene rings is 2. The molecule has 0 aromatic heterocycles. The number of nitrogens with two attached hydrogens (primary N) is 1. The van der Waals surface area contributed by atoms with E-state index in [1.165, 1.54) is 6.07 Å². The van der Waals surface area contributed by atoms with E-state index in [9.17, 15) is 34.8 Å². The lowest BCUT2D eigenvalue weighted by atomic mass is 9.39. The Balaban J connectivity index is 1.72. The Morgan fingerprint density at radius 1 is 1.05 bits per heavy atom. The molecule has 41 heavy (non-hydrogen) atoms. The standard InChI is InChI=1S/C33H41NO7/c1-15(2)17-8-7-9-18(12-17)19-10-11-21(35)22-20(19)13-31(5)14-32(6)24(16(3)4)27(37)23(30(34)40)28(38)33(32,41)29(39)25(31)26(22)36/h7-12,15-16,23-25,27,29,35,37,39,41H,13-14H2,1-6H3,(H2,34,40)/t23-,24+,25-,27?,29?,31-,32-,33+/m1/s1. The number of primary amides is 1. The summed E-state index contributed by atoms with van der Waals surface area (Å²) < 4.78 is 0. The van der Waals surface area contributed by atoms with E-state index in [0.29, 0.717) is 5.56 Å². The Morgan fingerprint density at radius 2 is 1.71 bits per heavy atom. The van der Waals surface area contributed by atoms with E-state index in [2.05, 4.69) is 19.9 Å². The number of aromatic hydroxyl groups is 1. The Labute approximate surface area is 240 Å². The lowest BCUT2D eigenvalue weighted by molar-refractivity contribution is -0.265. The second-order valence-electron chi connectivity index (χ2n) is 13.7. The topological polar surface area (TPSA) is 158 Å². The van der Waals surface area contributed by atoms with E-state index in [-0.39, 0.29) is 36.0 Å². The molecule has 1 amide bonds. The average Bonchev–Trinajstić information content (AvgIpc) is 2.86. The van der Waals surface area contributed by atoms with Crippen LogP contribution in [0.3, 0.4) is 0 Å². The zero-order valence-corrected chi connectivity index (χ0v) is 24.5. The van der Waals surface area contributed by atoms with Gasteiger partial charge in [-0.1, -0.05) is 71.9 Å². The number of carbonyl (C=O) groups excluding carboxylic acids is 3. The number of rotatable bonds is 4. The summed E-state index contributed by atoms with van der Waals surface area (Å²) in [7, 11) is 0. The van der Waals surface area contributed by atoms with Gasteiger partial charge in [0.15, 0.2) is 17.2 Å². The van der Waals surface area contributed by atoms with Gasteiger partial charge < -0.3 is 26.2 Å². The van der Waals surface area contributed by atoms with Gasteiger partial charge in [-0.15, -0.1) is 0 Å². The van der Waals surface area contributed by atoms with Gasteiger partial charge in [0.1, 0.15) is 17.8 Å².